The lowest BCUT2D eigenvalue weighted by Crippen LogP contribution is -2.11. The van der Waals surface area contributed by atoms with Crippen molar-refractivity contribution >= 4 is 5.91 Å². The molecule has 0 bridgehead atoms. The minimum atomic E-state index is -0.683. The first-order chi connectivity index (χ1) is 9.63. The summed E-state index contributed by atoms with van der Waals surface area (Å²) in [5, 5.41) is 0. The summed E-state index contributed by atoms with van der Waals surface area (Å²) in [7, 11) is 0. The number of carbonyl (C=O) groups excluding carboxylic acids is 1. The molecule has 0 aliphatic heterocycles. The Morgan fingerprint density at radius 3 is 2.95 bits per heavy atom. The summed E-state index contributed by atoms with van der Waals surface area (Å²) in [4.78, 5) is 15.0. The van der Waals surface area contributed by atoms with Crippen LogP contribution in [0.25, 0.3) is 0 Å². The number of rotatable bonds is 5. The number of benzene rings is 1. The minimum Gasteiger partial charge on any atom is -0.481 e. The van der Waals surface area contributed by atoms with Crippen LogP contribution in [0.1, 0.15) is 40.8 Å². The van der Waals surface area contributed by atoms with Gasteiger partial charge in [0.05, 0.1) is 6.20 Å². The van der Waals surface area contributed by atoms with E-state index in [1.807, 2.05) is 0 Å². The lowest BCUT2D eigenvalue weighted by molar-refractivity contribution is 0.0999. The van der Waals surface area contributed by atoms with Gasteiger partial charge in [-0.15, -0.1) is 0 Å². The van der Waals surface area contributed by atoms with Crippen LogP contribution in [-0.4, -0.2) is 10.9 Å². The third-order valence-corrected chi connectivity index (χ3v) is 3.12. The van der Waals surface area contributed by atoms with E-state index in [-0.39, 0.29) is 17.9 Å². The minimum absolute atomic E-state index is 0.0289. The number of oxazole rings is 1. The fourth-order valence-electron chi connectivity index (χ4n) is 1.86. The van der Waals surface area contributed by atoms with Gasteiger partial charge in [-0.05, 0) is 31.0 Å². The van der Waals surface area contributed by atoms with E-state index in [0.29, 0.717) is 11.8 Å². The van der Waals surface area contributed by atoms with Crippen molar-refractivity contribution in [1.29, 1.82) is 0 Å². The molecule has 1 aromatic heterocycles. The van der Waals surface area contributed by atoms with E-state index in [4.69, 9.17) is 14.9 Å². The van der Waals surface area contributed by atoms with Gasteiger partial charge in [0, 0.05) is 11.5 Å². The molecule has 1 amide bonds. The highest BCUT2D eigenvalue weighted by Crippen LogP contribution is 2.40. The van der Waals surface area contributed by atoms with Crippen LogP contribution in [0.4, 0.5) is 4.39 Å². The van der Waals surface area contributed by atoms with Crippen molar-refractivity contribution in [2.45, 2.75) is 25.4 Å². The summed E-state index contributed by atoms with van der Waals surface area (Å²) in [6, 6.07) is 3.81. The van der Waals surface area contributed by atoms with Crippen LogP contribution in [0.3, 0.4) is 0 Å². The van der Waals surface area contributed by atoms with Crippen LogP contribution in [0.15, 0.2) is 28.8 Å². The third-order valence-electron chi connectivity index (χ3n) is 3.12. The second-order valence-electron chi connectivity index (χ2n) is 4.73. The molecule has 1 fully saturated rings. The Bertz CT molecular complexity index is 650. The maximum Gasteiger partial charge on any atom is 0.248 e. The lowest BCUT2D eigenvalue weighted by Gasteiger charge is -2.05. The van der Waals surface area contributed by atoms with Gasteiger partial charge in [0.2, 0.25) is 11.8 Å². The molecule has 1 aromatic carbocycles. The summed E-state index contributed by atoms with van der Waals surface area (Å²) < 4.78 is 24.5. The zero-order chi connectivity index (χ0) is 14.1. The van der Waals surface area contributed by atoms with E-state index >= 15 is 0 Å². The molecule has 0 atom stereocenters. The van der Waals surface area contributed by atoms with Gasteiger partial charge < -0.3 is 14.9 Å². The first kappa shape index (κ1) is 12.7. The predicted octanol–water partition coefficient (Wildman–Crippen LogP) is 2.37. The molecule has 5 nitrogen and oxygen atoms in total. The van der Waals surface area contributed by atoms with E-state index in [9.17, 15) is 9.18 Å². The van der Waals surface area contributed by atoms with Crippen LogP contribution in [-0.2, 0) is 6.61 Å². The van der Waals surface area contributed by atoms with Crippen molar-refractivity contribution < 1.29 is 18.3 Å². The van der Waals surface area contributed by atoms with Gasteiger partial charge in [0.1, 0.15) is 5.76 Å². The van der Waals surface area contributed by atoms with E-state index < -0.39 is 11.7 Å². The Labute approximate surface area is 114 Å². The first-order valence-electron chi connectivity index (χ1n) is 6.30. The summed E-state index contributed by atoms with van der Waals surface area (Å²) in [6.45, 7) is 0.0412. The average Bonchev–Trinajstić information content (AvgIpc) is 3.17. The second-order valence-corrected chi connectivity index (χ2v) is 4.73. The van der Waals surface area contributed by atoms with Gasteiger partial charge in [0.15, 0.2) is 18.2 Å². The van der Waals surface area contributed by atoms with Gasteiger partial charge in [-0.25, -0.2) is 9.37 Å². The van der Waals surface area contributed by atoms with Crippen LogP contribution in [0.2, 0.25) is 0 Å². The Balaban J connectivity index is 1.66. The summed E-state index contributed by atoms with van der Waals surface area (Å²) in [5.41, 5.74) is 5.16. The van der Waals surface area contributed by atoms with Crippen LogP contribution < -0.4 is 10.5 Å². The number of halogens is 1. The number of nitrogens with two attached hydrogens (primary N) is 1. The van der Waals surface area contributed by atoms with E-state index in [1.165, 1.54) is 12.1 Å². The topological polar surface area (TPSA) is 78.4 Å². The van der Waals surface area contributed by atoms with Crippen LogP contribution >= 0.6 is 0 Å². The molecule has 2 aromatic rings. The molecule has 1 heterocycles. The molecule has 0 spiro atoms. The number of ether oxygens (including phenoxy) is 1. The molecule has 1 saturated carbocycles. The molecule has 0 radical (unpaired) electrons. The Hall–Kier alpha value is -2.37. The number of hydrogen-bond donors (Lipinski definition) is 1. The highest BCUT2D eigenvalue weighted by atomic mass is 19.1. The van der Waals surface area contributed by atoms with Crippen LogP contribution in [0, 0.1) is 5.82 Å². The molecule has 0 saturated heterocycles. The van der Waals surface area contributed by atoms with Crippen LogP contribution in [0.5, 0.6) is 5.75 Å². The highest BCUT2D eigenvalue weighted by Gasteiger charge is 2.27. The quantitative estimate of drug-likeness (QED) is 0.909. The summed E-state index contributed by atoms with van der Waals surface area (Å²) in [6.07, 6.45) is 3.93. The standard InChI is InChI=1S/C14H13FN2O3/c15-10-5-9(14(16)18)3-4-11(10)19-7-13-17-6-12(20-13)8-1-2-8/h3-6,8H,1-2,7H2,(H2,16,18). The molecule has 1 aliphatic carbocycles. The molecule has 2 N–H and O–H groups in total. The van der Waals surface area contributed by atoms with E-state index in [2.05, 4.69) is 4.98 Å². The molecule has 6 heteroatoms. The molecule has 104 valence electrons. The lowest BCUT2D eigenvalue weighted by atomic mass is 10.2. The highest BCUT2D eigenvalue weighted by molar-refractivity contribution is 5.92. The smallest absolute Gasteiger partial charge is 0.248 e. The Kier molecular flexibility index (Phi) is 3.14. The van der Waals surface area contributed by atoms with Gasteiger partial charge in [-0.3, -0.25) is 4.79 Å². The monoisotopic (exact) mass is 276 g/mol. The molecular weight excluding hydrogens is 263 g/mol. The SMILES string of the molecule is NC(=O)c1ccc(OCc2ncc(C3CC3)o2)c(F)c1. The molecular formula is C14H13FN2O3. The fraction of sp³-hybridized carbons (Fsp3) is 0.286. The molecule has 20 heavy (non-hydrogen) atoms. The molecule has 3 rings (SSSR count). The van der Waals surface area contributed by atoms with E-state index in [0.717, 1.165) is 24.7 Å². The van der Waals surface area contributed by atoms with Gasteiger partial charge in [-0.2, -0.15) is 0 Å². The zero-order valence-electron chi connectivity index (χ0n) is 10.6. The number of primary amides is 1. The Morgan fingerprint density at radius 1 is 1.50 bits per heavy atom. The van der Waals surface area contributed by atoms with Crippen molar-refractivity contribution in [3.05, 3.63) is 47.4 Å². The van der Waals surface area contributed by atoms with Crippen molar-refractivity contribution in [2.24, 2.45) is 5.73 Å². The molecule has 0 unspecified atom stereocenters. The first-order valence-corrected chi connectivity index (χ1v) is 6.30. The molecule has 1 aliphatic rings. The van der Waals surface area contributed by atoms with Crippen molar-refractivity contribution in [3.63, 3.8) is 0 Å². The number of aromatic nitrogens is 1. The zero-order valence-corrected chi connectivity index (χ0v) is 10.6. The van der Waals surface area contributed by atoms with Crippen molar-refractivity contribution in [2.75, 3.05) is 0 Å². The number of hydrogen-bond acceptors (Lipinski definition) is 4. The normalized spacial score (nSPS) is 14.2. The number of carbonyl (C=O) groups is 1. The van der Waals surface area contributed by atoms with Crippen molar-refractivity contribution in [3.8, 4) is 5.75 Å². The number of nitrogens with zero attached hydrogens (tertiary/aromatic N) is 1. The fourth-order valence-corrected chi connectivity index (χ4v) is 1.86. The van der Waals surface area contributed by atoms with Gasteiger partial charge in [-0.1, -0.05) is 0 Å². The predicted molar refractivity (Wildman–Crippen MR) is 67.7 cm³/mol. The second kappa shape index (κ2) is 4.96. The third kappa shape index (κ3) is 2.64. The van der Waals surface area contributed by atoms with E-state index in [1.54, 1.807) is 6.20 Å². The van der Waals surface area contributed by atoms with Crippen molar-refractivity contribution in [1.82, 2.24) is 4.98 Å². The summed E-state index contributed by atoms with van der Waals surface area (Å²) in [5.74, 6) is 0.440. The van der Waals surface area contributed by atoms with Gasteiger partial charge >= 0.3 is 0 Å². The summed E-state index contributed by atoms with van der Waals surface area (Å²) >= 11 is 0. The Morgan fingerprint density at radius 2 is 2.30 bits per heavy atom. The van der Waals surface area contributed by atoms with Gasteiger partial charge in [0.25, 0.3) is 0 Å². The largest absolute Gasteiger partial charge is 0.481 e. The maximum absolute atomic E-state index is 13.7. The average molecular weight is 276 g/mol. The maximum atomic E-state index is 13.7. The number of amides is 1.